The number of nitrogens with one attached hydrogen (secondary N) is 1. The van der Waals surface area contributed by atoms with Gasteiger partial charge in [-0.1, -0.05) is 15.9 Å². The summed E-state index contributed by atoms with van der Waals surface area (Å²) in [6.45, 7) is 0.869. The minimum absolute atomic E-state index is 0.869. The molecule has 0 aliphatic carbocycles. The minimum Gasteiger partial charge on any atom is -0.370 e. The van der Waals surface area contributed by atoms with Crippen LogP contribution in [0.5, 0.6) is 0 Å². The van der Waals surface area contributed by atoms with Crippen LogP contribution in [0.2, 0.25) is 0 Å². The summed E-state index contributed by atoms with van der Waals surface area (Å²) < 4.78 is 1.04. The summed E-state index contributed by atoms with van der Waals surface area (Å²) in [4.78, 5) is 8.20. The van der Waals surface area contributed by atoms with Crippen LogP contribution in [0.3, 0.4) is 0 Å². The molecular formula is C12H12BrN3. The van der Waals surface area contributed by atoms with Gasteiger partial charge in [-0.05, 0) is 36.2 Å². The van der Waals surface area contributed by atoms with Gasteiger partial charge in [0.25, 0.3) is 0 Å². The van der Waals surface area contributed by atoms with Gasteiger partial charge >= 0.3 is 0 Å². The standard InChI is InChI=1S/C12H12BrN3/c13-11-4-8-16-12(9-11)15-7-3-10-1-5-14-6-2-10/h1-2,4-6,8-9H,3,7H2,(H,15,16). The first-order chi connectivity index (χ1) is 7.84. The van der Waals surface area contributed by atoms with Gasteiger partial charge in [0, 0.05) is 29.6 Å². The number of rotatable bonds is 4. The Morgan fingerprint density at radius 1 is 1.12 bits per heavy atom. The van der Waals surface area contributed by atoms with E-state index in [9.17, 15) is 0 Å². The second-order valence-corrected chi connectivity index (χ2v) is 4.31. The Morgan fingerprint density at radius 2 is 1.94 bits per heavy atom. The van der Waals surface area contributed by atoms with E-state index in [-0.39, 0.29) is 0 Å². The highest BCUT2D eigenvalue weighted by Crippen LogP contribution is 2.12. The molecule has 0 aromatic carbocycles. The van der Waals surface area contributed by atoms with E-state index in [0.717, 1.165) is 23.3 Å². The van der Waals surface area contributed by atoms with Crippen molar-refractivity contribution in [2.24, 2.45) is 0 Å². The van der Waals surface area contributed by atoms with Crippen LogP contribution in [-0.2, 0) is 6.42 Å². The Balaban J connectivity index is 1.85. The number of nitrogens with zero attached hydrogens (tertiary/aromatic N) is 2. The Hall–Kier alpha value is -1.42. The third kappa shape index (κ3) is 3.31. The Kier molecular flexibility index (Phi) is 3.88. The second-order valence-electron chi connectivity index (χ2n) is 3.39. The van der Waals surface area contributed by atoms with Gasteiger partial charge in [0.2, 0.25) is 0 Å². The number of hydrogen-bond acceptors (Lipinski definition) is 3. The highest BCUT2D eigenvalue weighted by Gasteiger charge is 1.95. The van der Waals surface area contributed by atoms with Crippen molar-refractivity contribution in [3.05, 3.63) is 52.9 Å². The van der Waals surface area contributed by atoms with Gasteiger partial charge < -0.3 is 5.32 Å². The summed E-state index contributed by atoms with van der Waals surface area (Å²) in [6, 6.07) is 7.92. The van der Waals surface area contributed by atoms with Crippen LogP contribution in [0.4, 0.5) is 5.82 Å². The monoisotopic (exact) mass is 277 g/mol. The molecule has 2 rings (SSSR count). The van der Waals surface area contributed by atoms with E-state index in [1.807, 2.05) is 36.7 Å². The minimum atomic E-state index is 0.869. The normalized spacial score (nSPS) is 10.1. The summed E-state index contributed by atoms with van der Waals surface area (Å²) in [5.41, 5.74) is 1.28. The second kappa shape index (κ2) is 5.61. The van der Waals surface area contributed by atoms with Crippen LogP contribution in [-0.4, -0.2) is 16.5 Å². The van der Waals surface area contributed by atoms with Crippen molar-refractivity contribution < 1.29 is 0 Å². The topological polar surface area (TPSA) is 37.8 Å². The molecule has 0 fully saturated rings. The van der Waals surface area contributed by atoms with Crippen LogP contribution in [0.25, 0.3) is 0 Å². The van der Waals surface area contributed by atoms with E-state index in [0.29, 0.717) is 0 Å². The average Bonchev–Trinajstić information content (AvgIpc) is 2.30. The molecule has 0 spiro atoms. The molecule has 2 aromatic heterocycles. The fraction of sp³-hybridized carbons (Fsp3) is 0.167. The van der Waals surface area contributed by atoms with Gasteiger partial charge in [-0.15, -0.1) is 0 Å². The van der Waals surface area contributed by atoms with Gasteiger partial charge in [-0.3, -0.25) is 4.98 Å². The number of pyridine rings is 2. The molecule has 0 amide bonds. The quantitative estimate of drug-likeness (QED) is 0.934. The maximum Gasteiger partial charge on any atom is 0.127 e. The maximum absolute atomic E-state index is 4.22. The van der Waals surface area contributed by atoms with E-state index in [1.54, 1.807) is 6.20 Å². The molecule has 1 N–H and O–H groups in total. The highest BCUT2D eigenvalue weighted by atomic mass is 79.9. The number of halogens is 1. The third-order valence-electron chi connectivity index (χ3n) is 2.19. The van der Waals surface area contributed by atoms with Gasteiger partial charge in [0.05, 0.1) is 0 Å². The predicted octanol–water partition coefficient (Wildman–Crippen LogP) is 2.89. The van der Waals surface area contributed by atoms with Crippen LogP contribution in [0.1, 0.15) is 5.56 Å². The molecule has 3 nitrogen and oxygen atoms in total. The Morgan fingerprint density at radius 3 is 2.69 bits per heavy atom. The maximum atomic E-state index is 4.22. The van der Waals surface area contributed by atoms with E-state index < -0.39 is 0 Å². The summed E-state index contributed by atoms with van der Waals surface area (Å²) in [5, 5.41) is 3.27. The highest BCUT2D eigenvalue weighted by molar-refractivity contribution is 9.10. The molecule has 2 heterocycles. The lowest BCUT2D eigenvalue weighted by molar-refractivity contribution is 1.000. The summed E-state index contributed by atoms with van der Waals surface area (Å²) >= 11 is 3.41. The summed E-state index contributed by atoms with van der Waals surface area (Å²) in [6.07, 6.45) is 6.37. The van der Waals surface area contributed by atoms with Crippen molar-refractivity contribution in [1.82, 2.24) is 9.97 Å². The van der Waals surface area contributed by atoms with Crippen molar-refractivity contribution in [2.75, 3.05) is 11.9 Å². The zero-order valence-electron chi connectivity index (χ0n) is 8.73. The fourth-order valence-corrected chi connectivity index (χ4v) is 1.72. The van der Waals surface area contributed by atoms with Crippen LogP contribution >= 0.6 is 15.9 Å². The lowest BCUT2D eigenvalue weighted by atomic mass is 10.2. The average molecular weight is 278 g/mol. The van der Waals surface area contributed by atoms with Crippen molar-refractivity contribution in [3.63, 3.8) is 0 Å². The number of hydrogen-bond donors (Lipinski definition) is 1. The summed E-state index contributed by atoms with van der Waals surface area (Å²) in [5.74, 6) is 0.892. The zero-order valence-corrected chi connectivity index (χ0v) is 10.3. The van der Waals surface area contributed by atoms with Gasteiger partial charge in [0.15, 0.2) is 0 Å². The van der Waals surface area contributed by atoms with E-state index in [4.69, 9.17) is 0 Å². The molecule has 82 valence electrons. The van der Waals surface area contributed by atoms with E-state index in [2.05, 4.69) is 31.2 Å². The molecule has 0 bridgehead atoms. The molecule has 0 saturated carbocycles. The molecule has 16 heavy (non-hydrogen) atoms. The molecule has 0 aliphatic rings. The number of anilines is 1. The van der Waals surface area contributed by atoms with Crippen LogP contribution < -0.4 is 5.32 Å². The molecular weight excluding hydrogens is 266 g/mol. The zero-order chi connectivity index (χ0) is 11.2. The smallest absolute Gasteiger partial charge is 0.127 e. The molecule has 0 unspecified atom stereocenters. The SMILES string of the molecule is Brc1ccnc(NCCc2ccncc2)c1. The molecule has 0 radical (unpaired) electrons. The number of aromatic nitrogens is 2. The first-order valence-corrected chi connectivity index (χ1v) is 5.88. The van der Waals surface area contributed by atoms with Crippen molar-refractivity contribution in [1.29, 1.82) is 0 Å². The first-order valence-electron chi connectivity index (χ1n) is 5.09. The van der Waals surface area contributed by atoms with Gasteiger partial charge in [-0.25, -0.2) is 4.98 Å². The molecule has 0 aliphatic heterocycles. The van der Waals surface area contributed by atoms with Gasteiger partial charge in [0.1, 0.15) is 5.82 Å². The van der Waals surface area contributed by atoms with Gasteiger partial charge in [-0.2, -0.15) is 0 Å². The van der Waals surface area contributed by atoms with Crippen LogP contribution in [0, 0.1) is 0 Å². The van der Waals surface area contributed by atoms with Crippen molar-refractivity contribution >= 4 is 21.7 Å². The van der Waals surface area contributed by atoms with Crippen molar-refractivity contribution in [3.8, 4) is 0 Å². The van der Waals surface area contributed by atoms with Crippen LogP contribution in [0.15, 0.2) is 47.3 Å². The molecule has 0 atom stereocenters. The lowest BCUT2D eigenvalue weighted by Gasteiger charge is -2.05. The molecule has 4 heteroatoms. The Labute approximate surface area is 103 Å². The Bertz CT molecular complexity index is 445. The fourth-order valence-electron chi connectivity index (χ4n) is 1.39. The third-order valence-corrected chi connectivity index (χ3v) is 2.68. The molecule has 2 aromatic rings. The largest absolute Gasteiger partial charge is 0.370 e. The first kappa shape index (κ1) is 11.1. The predicted molar refractivity (Wildman–Crippen MR) is 68.4 cm³/mol. The van der Waals surface area contributed by atoms with E-state index in [1.165, 1.54) is 5.56 Å². The summed E-state index contributed by atoms with van der Waals surface area (Å²) in [7, 11) is 0. The van der Waals surface area contributed by atoms with Crippen molar-refractivity contribution in [2.45, 2.75) is 6.42 Å². The molecule has 0 saturated heterocycles. The van der Waals surface area contributed by atoms with E-state index >= 15 is 0 Å². The lowest BCUT2D eigenvalue weighted by Crippen LogP contribution is -2.05.